The number of rotatable bonds is 5. The maximum absolute atomic E-state index is 5.61. The van der Waals surface area contributed by atoms with Crippen LogP contribution in [0.1, 0.15) is 50.6 Å². The molecule has 0 bridgehead atoms. The fourth-order valence-electron chi connectivity index (χ4n) is 3.11. The van der Waals surface area contributed by atoms with E-state index in [0.717, 1.165) is 39.6 Å². The van der Waals surface area contributed by atoms with Crippen LogP contribution in [0.4, 0.5) is 5.69 Å². The largest absolute Gasteiger partial charge is 0.493 e. The predicted octanol–water partition coefficient (Wildman–Crippen LogP) is 5.84. The molecule has 3 rings (SSSR count). The maximum atomic E-state index is 5.61. The van der Waals surface area contributed by atoms with Gasteiger partial charge >= 0.3 is 0 Å². The van der Waals surface area contributed by atoms with Gasteiger partial charge in [-0.2, -0.15) is 0 Å². The molecule has 4 nitrogen and oxygen atoms in total. The number of methoxy groups -OCH3 is 1. The summed E-state index contributed by atoms with van der Waals surface area (Å²) in [6.45, 7) is 12.5. The minimum atomic E-state index is -0.0525. The number of anilines is 1. The topological polar surface area (TPSA) is 42.5 Å². The van der Waals surface area contributed by atoms with Crippen molar-refractivity contribution in [3.63, 3.8) is 0 Å². The molecular formula is C23H30N2O2. The molecule has 0 amide bonds. The number of benzene rings is 2. The minimum absolute atomic E-state index is 0.0525. The highest BCUT2D eigenvalue weighted by Gasteiger charge is 2.24. The number of hydrogen-bond donors (Lipinski definition) is 2. The van der Waals surface area contributed by atoms with Gasteiger partial charge in [0.05, 0.1) is 13.7 Å². The van der Waals surface area contributed by atoms with Crippen molar-refractivity contribution in [3.8, 4) is 11.5 Å². The molecule has 2 N–H and O–H groups in total. The first kappa shape index (κ1) is 20.4. The van der Waals surface area contributed by atoms with E-state index in [1.807, 2.05) is 58.0 Å². The average Bonchev–Trinajstić information content (AvgIpc) is 2.74. The zero-order valence-corrected chi connectivity index (χ0v) is 16.9. The summed E-state index contributed by atoms with van der Waals surface area (Å²) >= 11 is 0. The van der Waals surface area contributed by atoms with E-state index in [0.29, 0.717) is 6.61 Å². The van der Waals surface area contributed by atoms with Gasteiger partial charge in [-0.3, -0.25) is 0 Å². The lowest BCUT2D eigenvalue weighted by Gasteiger charge is -2.32. The number of hydrogen-bond acceptors (Lipinski definition) is 4. The molecule has 0 saturated heterocycles. The molecule has 0 saturated carbocycles. The van der Waals surface area contributed by atoms with Crippen LogP contribution in [-0.2, 0) is 0 Å². The molecule has 1 aliphatic rings. The first-order valence-corrected chi connectivity index (χ1v) is 9.47. The standard InChI is InChI=1S/C21H24N2O2.C2H6/c1-5-14-9-8-10-17-20(14)16(6-2)22-21(23-17)15-11-12-18(25-7-3)19(13-15)24-4;1-2/h5-6,8-13,21-23H,1,7H2,2-4H3;1-2H3/b16-6+;. The summed E-state index contributed by atoms with van der Waals surface area (Å²) < 4.78 is 11.1. The Labute approximate surface area is 162 Å². The molecule has 2 aromatic carbocycles. The van der Waals surface area contributed by atoms with Gasteiger partial charge in [-0.25, -0.2) is 0 Å². The van der Waals surface area contributed by atoms with Crippen molar-refractivity contribution >= 4 is 17.5 Å². The molecule has 1 heterocycles. The van der Waals surface area contributed by atoms with Crippen molar-refractivity contribution < 1.29 is 9.47 Å². The molecule has 1 aliphatic heterocycles. The fourth-order valence-corrected chi connectivity index (χ4v) is 3.11. The lowest BCUT2D eigenvalue weighted by molar-refractivity contribution is 0.310. The van der Waals surface area contributed by atoms with Gasteiger partial charge in [-0.1, -0.05) is 50.8 Å². The molecule has 0 spiro atoms. The van der Waals surface area contributed by atoms with Crippen LogP contribution in [0.2, 0.25) is 0 Å². The highest BCUT2D eigenvalue weighted by Crippen LogP contribution is 2.37. The van der Waals surface area contributed by atoms with E-state index in [4.69, 9.17) is 9.47 Å². The quantitative estimate of drug-likeness (QED) is 0.698. The first-order chi connectivity index (χ1) is 13.2. The van der Waals surface area contributed by atoms with Crippen molar-refractivity contribution in [2.75, 3.05) is 19.0 Å². The fraction of sp³-hybridized carbons (Fsp3) is 0.304. The third kappa shape index (κ3) is 4.27. The van der Waals surface area contributed by atoms with Crippen molar-refractivity contribution in [3.05, 3.63) is 65.7 Å². The van der Waals surface area contributed by atoms with Gasteiger partial charge in [-0.05, 0) is 43.2 Å². The van der Waals surface area contributed by atoms with Crippen molar-refractivity contribution in [2.45, 2.75) is 33.9 Å². The second kappa shape index (κ2) is 9.72. The van der Waals surface area contributed by atoms with Crippen LogP contribution in [0.15, 0.2) is 49.1 Å². The van der Waals surface area contributed by atoms with E-state index in [9.17, 15) is 0 Å². The molecule has 2 aromatic rings. The van der Waals surface area contributed by atoms with Crippen molar-refractivity contribution in [1.29, 1.82) is 0 Å². The molecule has 27 heavy (non-hydrogen) atoms. The first-order valence-electron chi connectivity index (χ1n) is 9.47. The SMILES string of the molecule is C=Cc1cccc2c1/C(=C\C)NC(c1ccc(OCC)c(OC)c1)N2.CC. The molecular weight excluding hydrogens is 336 g/mol. The summed E-state index contributed by atoms with van der Waals surface area (Å²) in [7, 11) is 1.66. The summed E-state index contributed by atoms with van der Waals surface area (Å²) in [5.74, 6) is 1.49. The Bertz CT molecular complexity index is 812. The molecule has 0 fully saturated rings. The lowest BCUT2D eigenvalue weighted by Crippen LogP contribution is -2.32. The Morgan fingerprint density at radius 1 is 1.11 bits per heavy atom. The van der Waals surface area contributed by atoms with Crippen LogP contribution >= 0.6 is 0 Å². The molecule has 4 heteroatoms. The van der Waals surface area contributed by atoms with Crippen LogP contribution < -0.4 is 20.1 Å². The Balaban J connectivity index is 0.00000126. The summed E-state index contributed by atoms with van der Waals surface area (Å²) in [6.07, 6.45) is 3.92. The van der Waals surface area contributed by atoms with E-state index in [1.54, 1.807) is 7.11 Å². The lowest BCUT2D eigenvalue weighted by atomic mass is 9.97. The predicted molar refractivity (Wildman–Crippen MR) is 115 cm³/mol. The van der Waals surface area contributed by atoms with E-state index >= 15 is 0 Å². The molecule has 144 valence electrons. The zero-order valence-electron chi connectivity index (χ0n) is 16.9. The maximum Gasteiger partial charge on any atom is 0.161 e. The highest BCUT2D eigenvalue weighted by atomic mass is 16.5. The van der Waals surface area contributed by atoms with Gasteiger partial charge in [0.1, 0.15) is 6.17 Å². The summed E-state index contributed by atoms with van der Waals surface area (Å²) in [6, 6.07) is 12.2. The van der Waals surface area contributed by atoms with Gasteiger partial charge in [0.2, 0.25) is 0 Å². The van der Waals surface area contributed by atoms with Crippen molar-refractivity contribution in [2.24, 2.45) is 0 Å². The smallest absolute Gasteiger partial charge is 0.161 e. The third-order valence-corrected chi connectivity index (χ3v) is 4.30. The third-order valence-electron chi connectivity index (χ3n) is 4.30. The van der Waals surface area contributed by atoms with E-state index in [2.05, 4.69) is 35.4 Å². The van der Waals surface area contributed by atoms with Gasteiger partial charge < -0.3 is 20.1 Å². The Hall–Kier alpha value is -2.88. The van der Waals surface area contributed by atoms with Crippen LogP contribution in [-0.4, -0.2) is 13.7 Å². The average molecular weight is 367 g/mol. The number of allylic oxidation sites excluding steroid dienone is 1. The van der Waals surface area contributed by atoms with Gasteiger partial charge in [0.15, 0.2) is 11.5 Å². The summed E-state index contributed by atoms with van der Waals surface area (Å²) in [4.78, 5) is 0. The van der Waals surface area contributed by atoms with E-state index in [-0.39, 0.29) is 6.17 Å². The van der Waals surface area contributed by atoms with Crippen LogP contribution in [0.3, 0.4) is 0 Å². The monoisotopic (exact) mass is 366 g/mol. The number of nitrogens with one attached hydrogen (secondary N) is 2. The van der Waals surface area contributed by atoms with Crippen LogP contribution in [0, 0.1) is 0 Å². The highest BCUT2D eigenvalue weighted by molar-refractivity contribution is 5.84. The van der Waals surface area contributed by atoms with E-state index in [1.165, 1.54) is 0 Å². The second-order valence-electron chi connectivity index (χ2n) is 5.74. The zero-order chi connectivity index (χ0) is 19.8. The Morgan fingerprint density at radius 3 is 2.52 bits per heavy atom. The Morgan fingerprint density at radius 2 is 1.89 bits per heavy atom. The van der Waals surface area contributed by atoms with Gasteiger partial charge in [0, 0.05) is 16.9 Å². The molecule has 0 radical (unpaired) electrons. The van der Waals surface area contributed by atoms with Crippen molar-refractivity contribution in [1.82, 2.24) is 5.32 Å². The van der Waals surface area contributed by atoms with Gasteiger partial charge in [-0.15, -0.1) is 0 Å². The normalized spacial score (nSPS) is 16.2. The molecule has 1 unspecified atom stereocenters. The second-order valence-corrected chi connectivity index (χ2v) is 5.74. The summed E-state index contributed by atoms with van der Waals surface area (Å²) in [5, 5.41) is 7.12. The Kier molecular flexibility index (Phi) is 7.35. The van der Waals surface area contributed by atoms with Gasteiger partial charge in [0.25, 0.3) is 0 Å². The van der Waals surface area contributed by atoms with Crippen LogP contribution in [0.5, 0.6) is 11.5 Å². The van der Waals surface area contributed by atoms with Crippen LogP contribution in [0.25, 0.3) is 11.8 Å². The van der Waals surface area contributed by atoms with E-state index < -0.39 is 0 Å². The molecule has 0 aliphatic carbocycles. The summed E-state index contributed by atoms with van der Waals surface area (Å²) in [5.41, 5.74) is 5.50. The minimum Gasteiger partial charge on any atom is -0.493 e. The molecule has 0 aromatic heterocycles. The number of ether oxygens (including phenoxy) is 2. The number of fused-ring (bicyclic) bond motifs is 1. The molecule has 1 atom stereocenters.